The molecule has 0 radical (unpaired) electrons. The lowest BCUT2D eigenvalue weighted by molar-refractivity contribution is 0.0934. The fourth-order valence-corrected chi connectivity index (χ4v) is 1.47. The smallest absolute Gasteiger partial charge is 0.206 e. The van der Waals surface area contributed by atoms with E-state index in [2.05, 4.69) is 4.74 Å². The van der Waals surface area contributed by atoms with Gasteiger partial charge in [-0.25, -0.2) is 13.2 Å². The number of hydrogen-bond donors (Lipinski definition) is 0. The summed E-state index contributed by atoms with van der Waals surface area (Å²) in [5.41, 5.74) is 0. The summed E-state index contributed by atoms with van der Waals surface area (Å²) >= 11 is 0. The molecule has 0 saturated carbocycles. The minimum absolute atomic E-state index is 0.00318. The lowest BCUT2D eigenvalue weighted by Crippen LogP contribution is -2.12. The van der Waals surface area contributed by atoms with E-state index in [0.717, 1.165) is 19.3 Å². The van der Waals surface area contributed by atoms with Crippen LogP contribution in [0.5, 0.6) is 5.75 Å². The standard InChI is InChI=1S/C13H15F5O2/c1-2-3-4-5-19-6-7-20-13-11(17)9(15)8(14)10(16)12(13)18/h2-7H2,1H3. The Kier molecular flexibility index (Phi) is 6.70. The van der Waals surface area contributed by atoms with Crippen molar-refractivity contribution in [2.75, 3.05) is 19.8 Å². The van der Waals surface area contributed by atoms with Crippen LogP contribution in [0.1, 0.15) is 26.2 Å². The molecule has 20 heavy (non-hydrogen) atoms. The summed E-state index contributed by atoms with van der Waals surface area (Å²) in [7, 11) is 0. The number of rotatable bonds is 8. The van der Waals surface area contributed by atoms with Gasteiger partial charge in [0.05, 0.1) is 6.61 Å². The van der Waals surface area contributed by atoms with Gasteiger partial charge in [-0.2, -0.15) is 8.78 Å². The van der Waals surface area contributed by atoms with E-state index in [4.69, 9.17) is 4.74 Å². The first-order valence-electron chi connectivity index (χ1n) is 6.22. The summed E-state index contributed by atoms with van der Waals surface area (Å²) in [6, 6.07) is 0. The highest BCUT2D eigenvalue weighted by Gasteiger charge is 2.26. The second kappa shape index (κ2) is 8.04. The van der Waals surface area contributed by atoms with Gasteiger partial charge in [0.15, 0.2) is 5.75 Å². The normalized spacial score (nSPS) is 10.9. The molecule has 0 aliphatic carbocycles. The third-order valence-corrected chi connectivity index (χ3v) is 2.54. The van der Waals surface area contributed by atoms with Crippen LogP contribution in [0.25, 0.3) is 0 Å². The first kappa shape index (κ1) is 16.7. The van der Waals surface area contributed by atoms with Gasteiger partial charge >= 0.3 is 0 Å². The Morgan fingerprint density at radius 3 is 1.80 bits per heavy atom. The van der Waals surface area contributed by atoms with E-state index in [-0.39, 0.29) is 13.2 Å². The summed E-state index contributed by atoms with van der Waals surface area (Å²) in [5.74, 6) is -11.5. The lowest BCUT2D eigenvalue weighted by atomic mass is 10.2. The highest BCUT2D eigenvalue weighted by molar-refractivity contribution is 5.29. The summed E-state index contributed by atoms with van der Waals surface area (Å²) in [6.07, 6.45) is 2.84. The highest BCUT2D eigenvalue weighted by atomic mass is 19.2. The van der Waals surface area contributed by atoms with Crippen molar-refractivity contribution in [3.63, 3.8) is 0 Å². The average molecular weight is 298 g/mol. The molecule has 2 nitrogen and oxygen atoms in total. The molecular formula is C13H15F5O2. The minimum atomic E-state index is -2.21. The number of unbranched alkanes of at least 4 members (excludes halogenated alkanes) is 2. The number of benzene rings is 1. The largest absolute Gasteiger partial charge is 0.485 e. The molecule has 114 valence electrons. The maximum absolute atomic E-state index is 13.2. The van der Waals surface area contributed by atoms with Crippen LogP contribution in [0.2, 0.25) is 0 Å². The fourth-order valence-electron chi connectivity index (χ4n) is 1.47. The molecule has 0 heterocycles. The minimum Gasteiger partial charge on any atom is -0.485 e. The molecule has 0 bridgehead atoms. The van der Waals surface area contributed by atoms with Crippen molar-refractivity contribution in [2.45, 2.75) is 26.2 Å². The number of halogens is 5. The van der Waals surface area contributed by atoms with E-state index < -0.39 is 34.8 Å². The summed E-state index contributed by atoms with van der Waals surface area (Å²) < 4.78 is 74.5. The molecule has 0 aliphatic rings. The molecule has 1 aromatic rings. The van der Waals surface area contributed by atoms with Crippen molar-refractivity contribution < 1.29 is 31.4 Å². The van der Waals surface area contributed by atoms with Crippen molar-refractivity contribution in [2.24, 2.45) is 0 Å². The molecule has 0 amide bonds. The van der Waals surface area contributed by atoms with Crippen LogP contribution in [-0.2, 0) is 4.74 Å². The Balaban J connectivity index is 2.52. The van der Waals surface area contributed by atoms with Crippen molar-refractivity contribution in [3.8, 4) is 5.75 Å². The zero-order chi connectivity index (χ0) is 15.1. The van der Waals surface area contributed by atoms with Gasteiger partial charge < -0.3 is 9.47 Å². The van der Waals surface area contributed by atoms with Gasteiger partial charge in [-0.1, -0.05) is 19.8 Å². The molecule has 0 N–H and O–H groups in total. The molecule has 0 aliphatic heterocycles. The van der Waals surface area contributed by atoms with Gasteiger partial charge in [0.1, 0.15) is 6.61 Å². The Bertz CT molecular complexity index is 422. The van der Waals surface area contributed by atoms with Crippen LogP contribution in [-0.4, -0.2) is 19.8 Å². The van der Waals surface area contributed by atoms with Gasteiger partial charge in [0.25, 0.3) is 0 Å². The number of hydrogen-bond acceptors (Lipinski definition) is 2. The molecule has 1 rings (SSSR count). The first-order chi connectivity index (χ1) is 9.50. The second-order valence-electron chi connectivity index (χ2n) is 4.07. The van der Waals surface area contributed by atoms with Crippen LogP contribution in [0.15, 0.2) is 0 Å². The molecule has 0 atom stereocenters. The van der Waals surface area contributed by atoms with E-state index in [1.807, 2.05) is 6.92 Å². The van der Waals surface area contributed by atoms with Crippen LogP contribution in [0.4, 0.5) is 22.0 Å². The molecule has 0 unspecified atom stereocenters. The van der Waals surface area contributed by atoms with E-state index in [9.17, 15) is 22.0 Å². The maximum atomic E-state index is 13.2. The van der Waals surface area contributed by atoms with Gasteiger partial charge in [-0.05, 0) is 6.42 Å². The first-order valence-corrected chi connectivity index (χ1v) is 6.22. The molecule has 7 heteroatoms. The predicted molar refractivity (Wildman–Crippen MR) is 62.1 cm³/mol. The van der Waals surface area contributed by atoms with Crippen LogP contribution >= 0.6 is 0 Å². The lowest BCUT2D eigenvalue weighted by Gasteiger charge is -2.10. The molecule has 0 saturated heterocycles. The van der Waals surface area contributed by atoms with E-state index in [1.165, 1.54) is 0 Å². The topological polar surface area (TPSA) is 18.5 Å². The van der Waals surface area contributed by atoms with E-state index >= 15 is 0 Å². The third-order valence-electron chi connectivity index (χ3n) is 2.54. The molecular weight excluding hydrogens is 283 g/mol. The summed E-state index contributed by atoms with van der Waals surface area (Å²) in [4.78, 5) is 0. The average Bonchev–Trinajstić information content (AvgIpc) is 2.45. The summed E-state index contributed by atoms with van der Waals surface area (Å²) in [6.45, 7) is 2.17. The number of ether oxygens (including phenoxy) is 2. The van der Waals surface area contributed by atoms with Crippen LogP contribution in [0, 0.1) is 29.1 Å². The van der Waals surface area contributed by atoms with Crippen LogP contribution in [0.3, 0.4) is 0 Å². The Morgan fingerprint density at radius 2 is 1.25 bits per heavy atom. The van der Waals surface area contributed by atoms with Crippen molar-refractivity contribution in [1.82, 2.24) is 0 Å². The third kappa shape index (κ3) is 4.06. The summed E-state index contributed by atoms with van der Waals surface area (Å²) in [5, 5.41) is 0. The fraction of sp³-hybridized carbons (Fsp3) is 0.538. The molecule has 0 aromatic heterocycles. The maximum Gasteiger partial charge on any atom is 0.206 e. The predicted octanol–water partition coefficient (Wildman–Crippen LogP) is 3.97. The van der Waals surface area contributed by atoms with Crippen molar-refractivity contribution >= 4 is 0 Å². The van der Waals surface area contributed by atoms with Crippen molar-refractivity contribution in [1.29, 1.82) is 0 Å². The Morgan fingerprint density at radius 1 is 0.700 bits per heavy atom. The van der Waals surface area contributed by atoms with Gasteiger partial charge in [-0.3, -0.25) is 0 Å². The SMILES string of the molecule is CCCCCOCCOc1c(F)c(F)c(F)c(F)c1F. The van der Waals surface area contributed by atoms with Crippen LogP contribution < -0.4 is 4.74 Å². The molecule has 0 spiro atoms. The van der Waals surface area contributed by atoms with Gasteiger partial charge in [0.2, 0.25) is 29.1 Å². The van der Waals surface area contributed by atoms with E-state index in [1.54, 1.807) is 0 Å². The quantitative estimate of drug-likeness (QED) is 0.313. The Hall–Kier alpha value is -1.37. The molecule has 1 aromatic carbocycles. The Labute approximate surface area is 113 Å². The van der Waals surface area contributed by atoms with Gasteiger partial charge in [-0.15, -0.1) is 0 Å². The zero-order valence-electron chi connectivity index (χ0n) is 10.9. The van der Waals surface area contributed by atoms with Gasteiger partial charge in [0, 0.05) is 6.61 Å². The zero-order valence-corrected chi connectivity index (χ0v) is 10.9. The van der Waals surface area contributed by atoms with Crippen molar-refractivity contribution in [3.05, 3.63) is 29.1 Å². The monoisotopic (exact) mass is 298 g/mol. The van der Waals surface area contributed by atoms with E-state index in [0.29, 0.717) is 6.61 Å². The molecule has 0 fully saturated rings. The second-order valence-corrected chi connectivity index (χ2v) is 4.07. The highest BCUT2D eigenvalue weighted by Crippen LogP contribution is 2.28.